The molecule has 2 aromatic heterocycles. The molecule has 8 heteroatoms. The molecule has 27 heavy (non-hydrogen) atoms. The lowest BCUT2D eigenvalue weighted by molar-refractivity contribution is -0.385. The summed E-state index contributed by atoms with van der Waals surface area (Å²) in [6.07, 6.45) is 5.40. The van der Waals surface area contributed by atoms with Crippen LogP contribution in [0.25, 0.3) is 17.0 Å². The van der Waals surface area contributed by atoms with Crippen LogP contribution in [0.2, 0.25) is 0 Å². The number of carbonyl (C=O) groups is 1. The van der Waals surface area contributed by atoms with Gasteiger partial charge < -0.3 is 5.32 Å². The summed E-state index contributed by atoms with van der Waals surface area (Å²) in [6, 6.07) is 14.7. The number of hydrogen-bond donors (Lipinski definition) is 1. The van der Waals surface area contributed by atoms with Crippen molar-refractivity contribution in [1.82, 2.24) is 14.4 Å². The topological polar surface area (TPSA) is 102 Å². The lowest BCUT2D eigenvalue weighted by Crippen LogP contribution is -2.13. The predicted octanol–water partition coefficient (Wildman–Crippen LogP) is 3.56. The van der Waals surface area contributed by atoms with Crippen molar-refractivity contribution in [3.05, 3.63) is 88.9 Å². The number of benzene rings is 2. The van der Waals surface area contributed by atoms with Crippen LogP contribution in [0, 0.1) is 10.1 Å². The molecule has 0 radical (unpaired) electrons. The van der Waals surface area contributed by atoms with Gasteiger partial charge in [-0.3, -0.25) is 19.3 Å². The van der Waals surface area contributed by atoms with E-state index in [2.05, 4.69) is 15.3 Å². The maximum Gasteiger partial charge on any atom is 0.282 e. The van der Waals surface area contributed by atoms with Crippen molar-refractivity contribution in [3.63, 3.8) is 0 Å². The molecule has 0 fully saturated rings. The molecule has 0 spiro atoms. The number of para-hydroxylation sites is 1. The summed E-state index contributed by atoms with van der Waals surface area (Å²) in [7, 11) is 0. The van der Waals surface area contributed by atoms with E-state index in [-0.39, 0.29) is 11.3 Å². The summed E-state index contributed by atoms with van der Waals surface area (Å²) in [5.74, 6) is 0.0632. The monoisotopic (exact) mass is 359 g/mol. The number of fused-ring (bicyclic) bond motifs is 1. The molecule has 0 atom stereocenters. The summed E-state index contributed by atoms with van der Waals surface area (Å²) in [6.45, 7) is 0. The molecule has 0 aliphatic carbocycles. The molecule has 2 aromatic carbocycles. The van der Waals surface area contributed by atoms with Crippen LogP contribution in [-0.4, -0.2) is 25.2 Å². The quantitative estimate of drug-likeness (QED) is 0.443. The third kappa shape index (κ3) is 3.23. The zero-order valence-electron chi connectivity index (χ0n) is 13.9. The largest absolute Gasteiger partial charge is 0.322 e. The van der Waals surface area contributed by atoms with Crippen LogP contribution in [0.1, 0.15) is 10.4 Å². The lowest BCUT2D eigenvalue weighted by Gasteiger charge is -2.06. The number of nitrogens with zero attached hydrogens (tertiary/aromatic N) is 4. The van der Waals surface area contributed by atoms with Gasteiger partial charge in [-0.2, -0.15) is 0 Å². The molecule has 0 aliphatic rings. The molecular formula is C19H13N5O3. The SMILES string of the molecule is O=C(Nc1ccc(-c2cn3cccnc3n2)cc1)c1ccccc1[N+](=O)[O-]. The minimum absolute atomic E-state index is 0.0120. The maximum atomic E-state index is 12.4. The predicted molar refractivity (Wildman–Crippen MR) is 99.5 cm³/mol. The van der Waals surface area contributed by atoms with Gasteiger partial charge in [0.15, 0.2) is 0 Å². The van der Waals surface area contributed by atoms with Crippen molar-refractivity contribution < 1.29 is 9.72 Å². The van der Waals surface area contributed by atoms with E-state index in [9.17, 15) is 14.9 Å². The van der Waals surface area contributed by atoms with E-state index in [0.29, 0.717) is 11.5 Å². The molecule has 0 saturated heterocycles. The van der Waals surface area contributed by atoms with Crippen molar-refractivity contribution in [2.24, 2.45) is 0 Å². The van der Waals surface area contributed by atoms with Gasteiger partial charge in [0.25, 0.3) is 11.6 Å². The molecule has 4 aromatic rings. The Morgan fingerprint density at radius 3 is 2.59 bits per heavy atom. The highest BCUT2D eigenvalue weighted by Gasteiger charge is 2.19. The van der Waals surface area contributed by atoms with Crippen LogP contribution < -0.4 is 5.32 Å². The van der Waals surface area contributed by atoms with E-state index in [1.165, 1.54) is 18.2 Å². The number of amides is 1. The Kier molecular flexibility index (Phi) is 4.06. The average molecular weight is 359 g/mol. The second kappa shape index (κ2) is 6.68. The van der Waals surface area contributed by atoms with Gasteiger partial charge in [-0.05, 0) is 24.3 Å². The van der Waals surface area contributed by atoms with Crippen LogP contribution in [-0.2, 0) is 0 Å². The van der Waals surface area contributed by atoms with Gasteiger partial charge in [0.05, 0.1) is 10.6 Å². The fourth-order valence-electron chi connectivity index (χ4n) is 2.72. The van der Waals surface area contributed by atoms with Crippen LogP contribution in [0.3, 0.4) is 0 Å². The first-order chi connectivity index (χ1) is 13.1. The van der Waals surface area contributed by atoms with Crippen LogP contribution in [0.4, 0.5) is 11.4 Å². The van der Waals surface area contributed by atoms with E-state index < -0.39 is 10.8 Å². The first kappa shape index (κ1) is 16.4. The number of rotatable bonds is 4. The van der Waals surface area contributed by atoms with Crippen LogP contribution >= 0.6 is 0 Å². The van der Waals surface area contributed by atoms with Crippen molar-refractivity contribution in [1.29, 1.82) is 0 Å². The summed E-state index contributed by atoms with van der Waals surface area (Å²) < 4.78 is 1.82. The normalized spacial score (nSPS) is 10.7. The molecule has 1 N–H and O–H groups in total. The minimum atomic E-state index is -0.574. The van der Waals surface area contributed by atoms with E-state index in [1.54, 1.807) is 24.4 Å². The Labute approximate surface area is 153 Å². The Hall–Kier alpha value is -4.07. The van der Waals surface area contributed by atoms with Gasteiger partial charge >= 0.3 is 0 Å². The molecular weight excluding hydrogens is 346 g/mol. The number of carbonyl (C=O) groups excluding carboxylic acids is 1. The van der Waals surface area contributed by atoms with E-state index in [0.717, 1.165) is 11.3 Å². The highest BCUT2D eigenvalue weighted by molar-refractivity contribution is 6.07. The number of nitro benzene ring substituents is 1. The van der Waals surface area contributed by atoms with Gasteiger partial charge in [0.2, 0.25) is 5.78 Å². The van der Waals surface area contributed by atoms with Crippen molar-refractivity contribution in [2.45, 2.75) is 0 Å². The van der Waals surface area contributed by atoms with Gasteiger partial charge in [-0.1, -0.05) is 24.3 Å². The Balaban J connectivity index is 1.56. The first-order valence-corrected chi connectivity index (χ1v) is 8.07. The molecule has 2 heterocycles. The Morgan fingerprint density at radius 1 is 1.07 bits per heavy atom. The van der Waals surface area contributed by atoms with Crippen molar-refractivity contribution >= 4 is 23.1 Å². The smallest absolute Gasteiger partial charge is 0.282 e. The van der Waals surface area contributed by atoms with E-state index >= 15 is 0 Å². The standard InChI is InChI=1S/C19H13N5O3/c25-18(15-4-1-2-5-17(15)24(26)27)21-14-8-6-13(7-9-14)16-12-23-11-3-10-20-19(23)22-16/h1-12H,(H,21,25). The molecule has 1 amide bonds. The highest BCUT2D eigenvalue weighted by atomic mass is 16.6. The molecule has 132 valence electrons. The summed E-state index contributed by atoms with van der Waals surface area (Å²) in [5.41, 5.74) is 1.93. The van der Waals surface area contributed by atoms with Crippen LogP contribution in [0.5, 0.6) is 0 Å². The number of aromatic nitrogens is 3. The number of imidazole rings is 1. The second-order valence-corrected chi connectivity index (χ2v) is 5.76. The van der Waals surface area contributed by atoms with E-state index in [4.69, 9.17) is 0 Å². The summed E-state index contributed by atoms with van der Waals surface area (Å²) in [4.78, 5) is 31.5. The Morgan fingerprint density at radius 2 is 1.85 bits per heavy atom. The number of nitro groups is 1. The Bertz CT molecular complexity index is 1120. The average Bonchev–Trinajstić information content (AvgIpc) is 3.12. The third-order valence-electron chi connectivity index (χ3n) is 4.02. The number of anilines is 1. The van der Waals surface area contributed by atoms with Crippen molar-refractivity contribution in [3.8, 4) is 11.3 Å². The molecule has 0 bridgehead atoms. The molecule has 4 rings (SSSR count). The third-order valence-corrected chi connectivity index (χ3v) is 4.02. The molecule has 0 unspecified atom stereocenters. The van der Waals surface area contributed by atoms with Gasteiger partial charge in [-0.25, -0.2) is 9.97 Å². The summed E-state index contributed by atoms with van der Waals surface area (Å²) >= 11 is 0. The van der Waals surface area contributed by atoms with Gasteiger partial charge in [0.1, 0.15) is 5.56 Å². The summed E-state index contributed by atoms with van der Waals surface area (Å²) in [5, 5.41) is 13.7. The number of hydrogen-bond acceptors (Lipinski definition) is 5. The van der Waals surface area contributed by atoms with Crippen LogP contribution in [0.15, 0.2) is 73.2 Å². The fraction of sp³-hybridized carbons (Fsp3) is 0. The van der Waals surface area contributed by atoms with Crippen molar-refractivity contribution in [2.75, 3.05) is 5.32 Å². The molecule has 0 aliphatic heterocycles. The lowest BCUT2D eigenvalue weighted by atomic mass is 10.1. The molecule has 0 saturated carbocycles. The van der Waals surface area contributed by atoms with E-state index in [1.807, 2.05) is 35.0 Å². The number of nitrogens with one attached hydrogen (secondary N) is 1. The maximum absolute atomic E-state index is 12.4. The highest BCUT2D eigenvalue weighted by Crippen LogP contribution is 2.23. The fourth-order valence-corrected chi connectivity index (χ4v) is 2.72. The first-order valence-electron chi connectivity index (χ1n) is 8.07. The second-order valence-electron chi connectivity index (χ2n) is 5.76. The minimum Gasteiger partial charge on any atom is -0.322 e. The zero-order valence-corrected chi connectivity index (χ0v) is 13.9. The van der Waals surface area contributed by atoms with Gasteiger partial charge in [-0.15, -0.1) is 0 Å². The molecule has 8 nitrogen and oxygen atoms in total. The zero-order chi connectivity index (χ0) is 18.8. The van der Waals surface area contributed by atoms with Gasteiger partial charge in [0, 0.05) is 35.9 Å².